The lowest BCUT2D eigenvalue weighted by molar-refractivity contribution is 0.0948. The highest BCUT2D eigenvalue weighted by atomic mass is 35.5. The van der Waals surface area contributed by atoms with Crippen LogP contribution < -0.4 is 112 Å². The summed E-state index contributed by atoms with van der Waals surface area (Å²) in [5.74, 6) is 3.74. The number of nitrogens with one attached hydrogen (secondary N) is 17. The van der Waals surface area contributed by atoms with Crippen LogP contribution in [0.1, 0.15) is 114 Å². The number of carbonyl (C=O) groups excluding carboxylic acids is 9. The van der Waals surface area contributed by atoms with Crippen LogP contribution in [0.4, 0.5) is 27.1 Å². The normalized spacial score (nSPS) is 12.8. The van der Waals surface area contributed by atoms with E-state index in [-0.39, 0.29) is 81.6 Å². The number of halogens is 2. The number of aliphatic hydroxyl groups is 2. The van der Waals surface area contributed by atoms with E-state index in [2.05, 4.69) is 141 Å². The first-order valence-electron chi connectivity index (χ1n) is 39.7. The van der Waals surface area contributed by atoms with Crippen molar-refractivity contribution in [3.8, 4) is 39.9 Å². The lowest BCUT2D eigenvalue weighted by atomic mass is 10.0. The first kappa shape index (κ1) is 89.2. The minimum atomic E-state index is -0.511. The summed E-state index contributed by atoms with van der Waals surface area (Å²) in [6.45, 7) is 3.31. The number of aliphatic hydroxyl groups excluding tert-OH is 2. The van der Waals surface area contributed by atoms with Crippen LogP contribution in [-0.4, -0.2) is 183 Å². The summed E-state index contributed by atoms with van der Waals surface area (Å²) in [7, 11) is 10.8. The molecule has 7 aromatic carbocycles. The number of aromatic amines is 4. The van der Waals surface area contributed by atoms with Gasteiger partial charge in [0.1, 0.15) is 51.1 Å². The fourth-order valence-corrected chi connectivity index (χ4v) is 15.0. The van der Waals surface area contributed by atoms with Gasteiger partial charge in [-0.1, -0.05) is 30.7 Å². The molecule has 0 saturated heterocycles. The number of ether oxygens (including phenoxy) is 2. The van der Waals surface area contributed by atoms with Crippen molar-refractivity contribution < 1.29 is 72.3 Å². The zero-order valence-corrected chi connectivity index (χ0v) is 71.7. The molecule has 8 aliphatic rings. The minimum Gasteiger partial charge on any atom is -0.510 e. The van der Waals surface area contributed by atoms with Crippen molar-refractivity contribution in [1.29, 1.82) is 0 Å². The van der Waals surface area contributed by atoms with Crippen LogP contribution >= 0.6 is 11.6 Å². The Bertz CT molecular complexity index is 8050. The third-order valence-electron chi connectivity index (χ3n) is 21.2. The second kappa shape index (κ2) is 37.1. The van der Waals surface area contributed by atoms with Gasteiger partial charge in [0.25, 0.3) is 64.3 Å². The average Bonchev–Trinajstić information content (AvgIpc) is 0.734. The van der Waals surface area contributed by atoms with Crippen LogP contribution in [0.2, 0.25) is 5.02 Å². The zero-order valence-electron chi connectivity index (χ0n) is 70.9. The van der Waals surface area contributed by atoms with Gasteiger partial charge in [-0.3, -0.25) is 111 Å². The van der Waals surface area contributed by atoms with Gasteiger partial charge in [-0.15, -0.1) is 20.4 Å². The lowest BCUT2D eigenvalue weighted by Crippen LogP contribution is -2.35. The van der Waals surface area contributed by atoms with Crippen molar-refractivity contribution in [3.05, 3.63) is 238 Å². The molecule has 0 aliphatic carbocycles. The van der Waals surface area contributed by atoms with Gasteiger partial charge in [0, 0.05) is 104 Å². The molecule has 13 aromatic rings. The van der Waals surface area contributed by atoms with Gasteiger partial charge in [-0.25, -0.2) is 14.5 Å². The van der Waals surface area contributed by atoms with Gasteiger partial charge in [0.05, 0.1) is 152 Å². The Labute approximate surface area is 748 Å². The maximum atomic E-state index is 13.8. The molecular formula is C87H74ClFN28O16. The van der Waals surface area contributed by atoms with Crippen LogP contribution in [0.15, 0.2) is 155 Å². The molecule has 44 nitrogen and oxygen atoms in total. The van der Waals surface area contributed by atoms with E-state index in [1.54, 1.807) is 124 Å². The van der Waals surface area contributed by atoms with E-state index in [1.165, 1.54) is 72.0 Å². The van der Waals surface area contributed by atoms with Crippen LogP contribution in [0.25, 0.3) is 121 Å². The molecule has 0 unspecified atom stereocenters. The Morgan fingerprint density at radius 2 is 0.985 bits per heavy atom. The fourth-order valence-electron chi connectivity index (χ4n) is 14.8. The molecule has 0 bridgehead atoms. The maximum Gasteiger partial charge on any atom is 0.296 e. The predicted molar refractivity (Wildman–Crippen MR) is 488 cm³/mol. The number of aromatic nitrogens is 13. The van der Waals surface area contributed by atoms with Gasteiger partial charge >= 0.3 is 0 Å². The first-order valence-corrected chi connectivity index (χ1v) is 40.0. The molecule has 0 fully saturated rings. The smallest absolute Gasteiger partial charge is 0.296 e. The summed E-state index contributed by atoms with van der Waals surface area (Å²) in [6, 6.07) is 32.7. The molecule has 672 valence electrons. The molecule has 9 amide bonds. The Morgan fingerprint density at radius 3 is 1.56 bits per heavy atom. The number of amides is 9. The number of aromatic hydroxyl groups is 1. The van der Waals surface area contributed by atoms with Crippen molar-refractivity contribution in [2.45, 2.75) is 20.3 Å². The molecule has 22 N–H and O–H groups in total. The van der Waals surface area contributed by atoms with E-state index in [0.29, 0.717) is 211 Å². The minimum absolute atomic E-state index is 0.00468. The molecule has 14 heterocycles. The van der Waals surface area contributed by atoms with Crippen LogP contribution in [0.3, 0.4) is 0 Å². The van der Waals surface area contributed by atoms with Crippen LogP contribution in [0, 0.1) is 5.82 Å². The number of hydrazine groups is 4. The second-order valence-corrected chi connectivity index (χ2v) is 29.2. The number of benzene rings is 7. The number of carbonyl (C=O) groups is 9. The van der Waals surface area contributed by atoms with Gasteiger partial charge in [0.2, 0.25) is 5.88 Å². The van der Waals surface area contributed by atoms with E-state index in [9.17, 15) is 72.4 Å². The molecule has 21 rings (SSSR count). The Hall–Kier alpha value is -18.6. The summed E-state index contributed by atoms with van der Waals surface area (Å²) in [5.41, 5.74) is 32.3. The number of anilines is 4. The maximum absolute atomic E-state index is 13.8. The van der Waals surface area contributed by atoms with E-state index in [1.807, 2.05) is 6.92 Å². The van der Waals surface area contributed by atoms with Gasteiger partial charge < -0.3 is 72.2 Å². The number of hydrogen-bond donors (Lipinski definition) is 21. The molecule has 133 heavy (non-hydrogen) atoms. The molecule has 0 radical (unpaired) electrons. The van der Waals surface area contributed by atoms with Gasteiger partial charge in [0.15, 0.2) is 0 Å². The topological polar surface area (TPSA) is 641 Å². The number of pyridine rings is 7. The number of nitrogens with two attached hydrogens (primary N) is 1. The predicted octanol–water partition coefficient (Wildman–Crippen LogP) is 5.40. The first-order chi connectivity index (χ1) is 64.1. The van der Waals surface area contributed by atoms with Crippen LogP contribution in [-0.2, 0) is 0 Å². The zero-order chi connectivity index (χ0) is 94.7. The summed E-state index contributed by atoms with van der Waals surface area (Å²) < 4.78 is 24.3. The monoisotopic (exact) mass is 1820 g/mol. The number of hydrogen-bond acceptors (Lipinski definition) is 31. The fraction of sp³-hybridized carbons (Fsp3) is 0.115. The Balaban J connectivity index is 0.000000119. The number of nitrogens with zero attached hydrogens (tertiary/aromatic N) is 10. The SMILES string of the molecule is CC(O)=c1cc2nnc(=O)c3ccc(F)c([nH]1)c3-2.CCC(O)=c1cc2nnc(=O)c3ccc(OC)c([nH]1)c3-2.CNC(=O)c1cc2c3c(cccc3n1)C(=O)NN2.CNC(=O)c1cc2n[nH]c(O)c3ccc(=NN)c([nH]1)c23.CNC(=O)c1cnc2c(Cl)ccc3c2c1NNC3=O.CNC(=O)c1cnc2c(OC)ccc3c2c1NNC3=O.CNC(=O)c1cnc2cccc3c2c1NNC3=O. The van der Waals surface area contributed by atoms with Crippen molar-refractivity contribution in [2.75, 3.05) is 71.2 Å². The summed E-state index contributed by atoms with van der Waals surface area (Å²) in [6.07, 6.45) is 4.86. The highest BCUT2D eigenvalue weighted by molar-refractivity contribution is 6.37. The molecular weight excluding hydrogens is 1750 g/mol. The third-order valence-corrected chi connectivity index (χ3v) is 21.5. The molecule has 46 heteroatoms. The molecule has 0 spiro atoms. The largest absolute Gasteiger partial charge is 0.510 e. The van der Waals surface area contributed by atoms with E-state index < -0.39 is 11.4 Å². The number of methoxy groups -OCH3 is 2. The second-order valence-electron chi connectivity index (χ2n) is 28.8. The summed E-state index contributed by atoms with van der Waals surface area (Å²) >= 11 is 6.07. The summed E-state index contributed by atoms with van der Waals surface area (Å²) in [4.78, 5) is 155. The Morgan fingerprint density at radius 1 is 0.489 bits per heavy atom. The third kappa shape index (κ3) is 16.7. The van der Waals surface area contributed by atoms with Crippen LogP contribution in [0.5, 0.6) is 17.4 Å². The van der Waals surface area contributed by atoms with Crippen molar-refractivity contribution in [2.24, 2.45) is 10.9 Å². The Kier molecular flexibility index (Phi) is 24.9. The lowest BCUT2D eigenvalue weighted by Gasteiger charge is -2.22. The molecule has 6 aromatic heterocycles. The summed E-state index contributed by atoms with van der Waals surface area (Å²) in [5, 5.41) is 73.1. The highest BCUT2D eigenvalue weighted by Gasteiger charge is 2.31. The quantitative estimate of drug-likeness (QED) is 0.0669. The van der Waals surface area contributed by atoms with E-state index in [4.69, 9.17) is 26.9 Å². The van der Waals surface area contributed by atoms with Crippen molar-refractivity contribution >= 4 is 186 Å². The van der Waals surface area contributed by atoms with Crippen molar-refractivity contribution in [3.63, 3.8) is 0 Å². The van der Waals surface area contributed by atoms with Crippen molar-refractivity contribution in [1.82, 2.24) is 114 Å². The molecule has 0 saturated carbocycles. The van der Waals surface area contributed by atoms with Gasteiger partial charge in [-0.05, 0) is 116 Å². The van der Waals surface area contributed by atoms with Gasteiger partial charge in [-0.2, -0.15) is 10.2 Å². The standard InChI is InChI=1S/C14H13N3O3.C13H12N4O3.C12H9ClN4O2.C12H8FN3O2.C12H12N6O2.2C12H10N4O2/c1-3-10(18)8-6-9-12-7(14(19)17-16-9)4-5-11(20-2)13(12)15-8;1-14-12(18)7-5-15-11-8(20-2)4-3-6-9(11)10(7)16-17-13(6)19;1-14-11(18)6-4-15-10-7(13)3-2-5-8(10)9(6)16-17-12(5)19;1-5(17)8-4-9-10-6(12(18)16-15-9)2-3-7(13)11(10)14-8;1-14-12(20)8-4-7-9-5(11(19)18-17-7)2-3-6(16-13)10(9)15-8;1-13-11(17)7-5-14-8-4-2-3-6-9(8)10(7)15-16-12(6)18;1-13-12(18)9-5-8-10-6(11(17)16-15-8)3-2-4-7(10)14-9/h4-6,15,18H,3H2,1-2H3;3-5,16H,1-2H3,(H,14,18)(H,17,19);2-4,16H,1H3,(H,14,18)(H,17,19);2-4,14,17H,1H3;2-4,15,18-19H,13H2,1H3,(H,14,20);2-5,15H,1H3,(H,13,17)(H,16,18);2-5,15H,1H3,(H,13,18)(H,16,17). The average molecular weight is 1820 g/mol. The van der Waals surface area contributed by atoms with E-state index in [0.717, 1.165) is 5.39 Å². The molecule has 0 atom stereocenters. The number of H-pyrrole nitrogens is 4. The van der Waals surface area contributed by atoms with E-state index >= 15 is 0 Å². The molecule has 8 aliphatic heterocycles. The number of rotatable bonds is 8. The highest BCUT2D eigenvalue weighted by Crippen LogP contribution is 2.40.